The first kappa shape index (κ1) is 20.5. The van der Waals surface area contributed by atoms with Gasteiger partial charge in [0.15, 0.2) is 5.96 Å². The number of methoxy groups -OCH3 is 1. The summed E-state index contributed by atoms with van der Waals surface area (Å²) in [5, 5.41) is 6.25. The molecule has 152 valence electrons. The van der Waals surface area contributed by atoms with Gasteiger partial charge in [-0.15, -0.1) is 0 Å². The fourth-order valence-electron chi connectivity index (χ4n) is 3.32. The van der Waals surface area contributed by atoms with Gasteiger partial charge in [0.25, 0.3) is 5.91 Å². The van der Waals surface area contributed by atoms with Crippen molar-refractivity contribution < 1.29 is 9.53 Å². The van der Waals surface area contributed by atoms with Gasteiger partial charge in [0.2, 0.25) is 0 Å². The van der Waals surface area contributed by atoms with Crippen LogP contribution in [0.2, 0.25) is 0 Å². The second-order valence-electron chi connectivity index (χ2n) is 6.75. The Morgan fingerprint density at radius 1 is 1.10 bits per heavy atom. The first-order valence-electron chi connectivity index (χ1n) is 9.83. The summed E-state index contributed by atoms with van der Waals surface area (Å²) in [7, 11) is 3.37. The molecule has 0 radical (unpaired) electrons. The fourth-order valence-corrected chi connectivity index (χ4v) is 3.32. The zero-order valence-electron chi connectivity index (χ0n) is 17.0. The largest absolute Gasteiger partial charge is 0.497 e. The minimum atomic E-state index is -0.117. The SMILES string of the molecule is CN=C(NCCNC(=O)c1cccc(OC)c1)N1CC=C(c2ccccc2)CC1. The molecule has 1 aliphatic heterocycles. The third-order valence-corrected chi connectivity index (χ3v) is 4.89. The Kier molecular flexibility index (Phi) is 7.28. The van der Waals surface area contributed by atoms with Crippen molar-refractivity contribution in [1.82, 2.24) is 15.5 Å². The van der Waals surface area contributed by atoms with E-state index in [-0.39, 0.29) is 5.91 Å². The molecule has 0 saturated carbocycles. The molecule has 6 heteroatoms. The molecule has 0 fully saturated rings. The molecule has 1 heterocycles. The van der Waals surface area contributed by atoms with Crippen LogP contribution in [0.1, 0.15) is 22.3 Å². The van der Waals surface area contributed by atoms with Crippen LogP contribution in [0.5, 0.6) is 5.75 Å². The summed E-state index contributed by atoms with van der Waals surface area (Å²) in [6.07, 6.45) is 3.24. The van der Waals surface area contributed by atoms with Gasteiger partial charge in [-0.25, -0.2) is 0 Å². The Labute approximate surface area is 172 Å². The van der Waals surface area contributed by atoms with E-state index >= 15 is 0 Å². The van der Waals surface area contributed by atoms with Crippen LogP contribution in [0, 0.1) is 0 Å². The maximum atomic E-state index is 12.3. The predicted octanol–water partition coefficient (Wildman–Crippen LogP) is 2.79. The lowest BCUT2D eigenvalue weighted by Crippen LogP contribution is -2.45. The van der Waals surface area contributed by atoms with E-state index < -0.39 is 0 Å². The number of guanidine groups is 1. The lowest BCUT2D eigenvalue weighted by molar-refractivity contribution is 0.0954. The minimum Gasteiger partial charge on any atom is -0.497 e. The first-order chi connectivity index (χ1) is 14.2. The van der Waals surface area contributed by atoms with E-state index in [9.17, 15) is 4.79 Å². The quantitative estimate of drug-likeness (QED) is 0.451. The van der Waals surface area contributed by atoms with Gasteiger partial charge in [0, 0.05) is 38.8 Å². The Morgan fingerprint density at radius 3 is 2.59 bits per heavy atom. The van der Waals surface area contributed by atoms with Crippen molar-refractivity contribution in [3.05, 3.63) is 71.8 Å². The summed E-state index contributed by atoms with van der Waals surface area (Å²) in [5.74, 6) is 1.40. The monoisotopic (exact) mass is 392 g/mol. The maximum absolute atomic E-state index is 12.3. The standard InChI is InChI=1S/C23H28N4O2/c1-24-23(27-15-11-19(12-16-27)18-7-4-3-5-8-18)26-14-13-25-22(28)20-9-6-10-21(17-20)29-2/h3-11,17H,12-16H2,1-2H3,(H,24,26)(H,25,28). The second kappa shape index (κ2) is 10.3. The summed E-state index contributed by atoms with van der Waals surface area (Å²) < 4.78 is 5.16. The molecule has 2 N–H and O–H groups in total. The van der Waals surface area contributed by atoms with Crippen molar-refractivity contribution in [2.45, 2.75) is 6.42 Å². The van der Waals surface area contributed by atoms with Crippen molar-refractivity contribution in [2.24, 2.45) is 4.99 Å². The Bertz CT molecular complexity index is 877. The summed E-state index contributed by atoms with van der Waals surface area (Å²) in [4.78, 5) is 18.9. The van der Waals surface area contributed by atoms with Gasteiger partial charge in [-0.1, -0.05) is 42.5 Å². The highest BCUT2D eigenvalue weighted by Gasteiger charge is 2.16. The molecule has 1 amide bonds. The number of ether oxygens (including phenoxy) is 1. The van der Waals surface area contributed by atoms with Crippen LogP contribution in [-0.4, -0.2) is 57.1 Å². The van der Waals surface area contributed by atoms with E-state index in [1.807, 2.05) is 12.1 Å². The van der Waals surface area contributed by atoms with Crippen molar-refractivity contribution in [1.29, 1.82) is 0 Å². The van der Waals surface area contributed by atoms with Crippen LogP contribution >= 0.6 is 0 Å². The van der Waals surface area contributed by atoms with Crippen LogP contribution in [0.15, 0.2) is 65.7 Å². The highest BCUT2D eigenvalue weighted by Crippen LogP contribution is 2.21. The lowest BCUT2D eigenvalue weighted by atomic mass is 10.00. The molecular weight excluding hydrogens is 364 g/mol. The van der Waals surface area contributed by atoms with Gasteiger partial charge in [-0.3, -0.25) is 9.79 Å². The lowest BCUT2D eigenvalue weighted by Gasteiger charge is -2.29. The minimum absolute atomic E-state index is 0.117. The van der Waals surface area contributed by atoms with Crippen LogP contribution in [-0.2, 0) is 0 Å². The number of amides is 1. The van der Waals surface area contributed by atoms with Crippen molar-refractivity contribution in [2.75, 3.05) is 40.3 Å². The number of carbonyl (C=O) groups excluding carboxylic acids is 1. The van der Waals surface area contributed by atoms with Crippen molar-refractivity contribution in [3.8, 4) is 5.75 Å². The summed E-state index contributed by atoms with van der Waals surface area (Å²) >= 11 is 0. The van der Waals surface area contributed by atoms with E-state index in [2.05, 4.69) is 50.9 Å². The van der Waals surface area contributed by atoms with Crippen molar-refractivity contribution >= 4 is 17.4 Å². The Morgan fingerprint density at radius 2 is 1.90 bits per heavy atom. The van der Waals surface area contributed by atoms with E-state index in [0.29, 0.717) is 24.4 Å². The van der Waals surface area contributed by atoms with E-state index in [1.54, 1.807) is 32.4 Å². The number of benzene rings is 2. The summed E-state index contributed by atoms with van der Waals surface area (Å²) in [6, 6.07) is 17.6. The number of rotatable bonds is 6. The molecule has 6 nitrogen and oxygen atoms in total. The van der Waals surface area contributed by atoms with Gasteiger partial charge in [-0.2, -0.15) is 0 Å². The second-order valence-corrected chi connectivity index (χ2v) is 6.75. The highest BCUT2D eigenvalue weighted by atomic mass is 16.5. The van der Waals surface area contributed by atoms with Crippen LogP contribution in [0.3, 0.4) is 0 Å². The average Bonchev–Trinajstić information content (AvgIpc) is 2.80. The third kappa shape index (κ3) is 5.60. The Hall–Kier alpha value is -3.28. The topological polar surface area (TPSA) is 66.0 Å². The number of hydrogen-bond donors (Lipinski definition) is 2. The molecule has 1 aliphatic rings. The molecule has 0 atom stereocenters. The molecule has 0 aliphatic carbocycles. The molecular formula is C23H28N4O2. The molecule has 0 unspecified atom stereocenters. The highest BCUT2D eigenvalue weighted by molar-refractivity contribution is 5.94. The molecule has 0 aromatic heterocycles. The number of aliphatic imine (C=N–C) groups is 1. The Balaban J connectivity index is 1.45. The van der Waals surface area contributed by atoms with Gasteiger partial charge < -0.3 is 20.3 Å². The number of carbonyl (C=O) groups is 1. The van der Waals surface area contributed by atoms with E-state index in [0.717, 1.165) is 25.5 Å². The average molecular weight is 393 g/mol. The van der Waals surface area contributed by atoms with Crippen molar-refractivity contribution in [3.63, 3.8) is 0 Å². The molecule has 2 aromatic carbocycles. The summed E-state index contributed by atoms with van der Waals surface area (Å²) in [5.41, 5.74) is 3.25. The molecule has 3 rings (SSSR count). The zero-order valence-corrected chi connectivity index (χ0v) is 17.0. The number of nitrogens with one attached hydrogen (secondary N) is 2. The summed E-state index contributed by atoms with van der Waals surface area (Å²) in [6.45, 7) is 2.85. The normalized spacial score (nSPS) is 14.2. The molecule has 0 saturated heterocycles. The van der Waals surface area contributed by atoms with Crippen LogP contribution in [0.25, 0.3) is 5.57 Å². The number of hydrogen-bond acceptors (Lipinski definition) is 3. The van der Waals surface area contributed by atoms with Gasteiger partial charge in [0.1, 0.15) is 5.75 Å². The van der Waals surface area contributed by atoms with Gasteiger partial charge in [-0.05, 0) is 35.8 Å². The molecule has 0 bridgehead atoms. The van der Waals surface area contributed by atoms with Crippen LogP contribution in [0.4, 0.5) is 0 Å². The smallest absolute Gasteiger partial charge is 0.251 e. The molecule has 2 aromatic rings. The van der Waals surface area contributed by atoms with Gasteiger partial charge in [0.05, 0.1) is 7.11 Å². The first-order valence-corrected chi connectivity index (χ1v) is 9.83. The van der Waals surface area contributed by atoms with Gasteiger partial charge >= 0.3 is 0 Å². The molecule has 29 heavy (non-hydrogen) atoms. The zero-order chi connectivity index (χ0) is 20.5. The predicted molar refractivity (Wildman–Crippen MR) is 117 cm³/mol. The fraction of sp³-hybridized carbons (Fsp3) is 0.304. The van der Waals surface area contributed by atoms with Crippen LogP contribution < -0.4 is 15.4 Å². The van der Waals surface area contributed by atoms with E-state index in [4.69, 9.17) is 4.74 Å². The number of nitrogens with zero attached hydrogens (tertiary/aromatic N) is 2. The van der Waals surface area contributed by atoms with E-state index in [1.165, 1.54) is 11.1 Å². The molecule has 0 spiro atoms. The maximum Gasteiger partial charge on any atom is 0.251 e. The third-order valence-electron chi connectivity index (χ3n) is 4.89.